The zero-order valence-corrected chi connectivity index (χ0v) is 23.3. The zero-order chi connectivity index (χ0) is 28.4. The molecule has 3 heterocycles. The third kappa shape index (κ3) is 3.51. The van der Waals surface area contributed by atoms with Crippen LogP contribution in [0.25, 0.3) is 66.1 Å². The van der Waals surface area contributed by atoms with Gasteiger partial charge >= 0.3 is 0 Å². The fraction of sp³-hybridized carbons (Fsp3) is 0.0526. The van der Waals surface area contributed by atoms with E-state index in [1.165, 1.54) is 32.7 Å². The normalized spacial score (nSPS) is 11.5. The number of nitriles is 1. The summed E-state index contributed by atoms with van der Waals surface area (Å²) >= 11 is 0. The number of rotatable bonds is 3. The predicted molar refractivity (Wildman–Crippen MR) is 173 cm³/mol. The average molecular weight is 539 g/mol. The summed E-state index contributed by atoms with van der Waals surface area (Å²) < 4.78 is 4.66. The monoisotopic (exact) mass is 538 g/mol. The van der Waals surface area contributed by atoms with Crippen LogP contribution in [-0.4, -0.2) is 14.1 Å². The molecule has 198 valence electrons. The van der Waals surface area contributed by atoms with Gasteiger partial charge in [-0.3, -0.25) is 4.98 Å². The molecule has 8 aromatic rings. The van der Waals surface area contributed by atoms with Gasteiger partial charge in [0.15, 0.2) is 0 Å². The van der Waals surface area contributed by atoms with E-state index in [9.17, 15) is 5.26 Å². The summed E-state index contributed by atoms with van der Waals surface area (Å²) in [4.78, 5) is 4.35. The third-order valence-electron chi connectivity index (χ3n) is 8.34. The van der Waals surface area contributed by atoms with E-state index in [0.29, 0.717) is 5.56 Å². The summed E-state index contributed by atoms with van der Waals surface area (Å²) in [5.74, 6) is 0. The first-order valence-corrected chi connectivity index (χ1v) is 14.1. The Labute approximate surface area is 243 Å². The molecular weight excluding hydrogens is 512 g/mol. The van der Waals surface area contributed by atoms with Gasteiger partial charge < -0.3 is 9.13 Å². The van der Waals surface area contributed by atoms with Gasteiger partial charge in [0.25, 0.3) is 0 Å². The number of nitrogens with zero attached hydrogens (tertiary/aromatic N) is 4. The first-order valence-electron chi connectivity index (χ1n) is 14.1. The second-order valence-corrected chi connectivity index (χ2v) is 11.0. The molecular formula is C38H26N4. The zero-order valence-electron chi connectivity index (χ0n) is 23.3. The van der Waals surface area contributed by atoms with E-state index in [2.05, 4.69) is 131 Å². The summed E-state index contributed by atoms with van der Waals surface area (Å²) in [6.07, 6.45) is 3.68. The summed E-state index contributed by atoms with van der Waals surface area (Å²) in [5, 5.41) is 15.2. The molecule has 0 N–H and O–H groups in total. The standard InChI is InChI=1S/C38H26N4/c1-24-11-13-30-28-7-3-5-9-32(28)41(34(30)19-24)36-21-26(23-39)22-37(38(36)27-15-17-40-18-16-27)42-33-10-6-4-8-29(33)31-14-12-25(2)20-35(31)42/h3-22H,1-2H3. The Balaban J connectivity index is 1.61. The average Bonchev–Trinajstić information content (AvgIpc) is 3.52. The molecule has 0 unspecified atom stereocenters. The lowest BCUT2D eigenvalue weighted by molar-refractivity contribution is 1.13. The van der Waals surface area contributed by atoms with Crippen molar-refractivity contribution < 1.29 is 0 Å². The number of pyridine rings is 1. The van der Waals surface area contributed by atoms with Crippen molar-refractivity contribution in [3.8, 4) is 28.6 Å². The molecule has 0 aliphatic rings. The Morgan fingerprint density at radius 3 is 1.52 bits per heavy atom. The maximum Gasteiger partial charge on any atom is 0.0993 e. The smallest absolute Gasteiger partial charge is 0.0993 e. The molecule has 0 bridgehead atoms. The van der Waals surface area contributed by atoms with E-state index in [4.69, 9.17) is 0 Å². The van der Waals surface area contributed by atoms with E-state index in [1.54, 1.807) is 0 Å². The van der Waals surface area contributed by atoms with Crippen molar-refractivity contribution in [3.05, 3.63) is 138 Å². The molecule has 0 fully saturated rings. The van der Waals surface area contributed by atoms with Gasteiger partial charge in [-0.2, -0.15) is 5.26 Å². The highest BCUT2D eigenvalue weighted by Crippen LogP contribution is 2.42. The van der Waals surface area contributed by atoms with Crippen molar-refractivity contribution in [3.63, 3.8) is 0 Å². The number of hydrogen-bond acceptors (Lipinski definition) is 2. The minimum atomic E-state index is 0.606. The van der Waals surface area contributed by atoms with E-state index < -0.39 is 0 Å². The van der Waals surface area contributed by atoms with Gasteiger partial charge in [-0.05, 0) is 79.1 Å². The van der Waals surface area contributed by atoms with Crippen LogP contribution in [-0.2, 0) is 0 Å². The Morgan fingerprint density at radius 1 is 0.548 bits per heavy atom. The van der Waals surface area contributed by atoms with Gasteiger partial charge in [0.05, 0.1) is 45.1 Å². The molecule has 0 radical (unpaired) electrons. The van der Waals surface area contributed by atoms with Crippen LogP contribution in [0, 0.1) is 25.2 Å². The van der Waals surface area contributed by atoms with Crippen LogP contribution in [0.15, 0.2) is 122 Å². The van der Waals surface area contributed by atoms with Crippen LogP contribution in [0.2, 0.25) is 0 Å². The fourth-order valence-electron chi connectivity index (χ4n) is 6.52. The number of aryl methyl sites for hydroxylation is 2. The minimum absolute atomic E-state index is 0.606. The van der Waals surface area contributed by atoms with Gasteiger partial charge in [-0.15, -0.1) is 0 Å². The van der Waals surface area contributed by atoms with Crippen LogP contribution in [0.1, 0.15) is 16.7 Å². The van der Waals surface area contributed by atoms with Crippen molar-refractivity contribution in [1.29, 1.82) is 5.26 Å². The highest BCUT2D eigenvalue weighted by molar-refractivity contribution is 6.12. The van der Waals surface area contributed by atoms with Crippen LogP contribution in [0.3, 0.4) is 0 Å². The lowest BCUT2D eigenvalue weighted by atomic mass is 9.99. The van der Waals surface area contributed by atoms with E-state index in [-0.39, 0.29) is 0 Å². The van der Waals surface area contributed by atoms with Gasteiger partial charge in [-0.1, -0.05) is 60.7 Å². The second kappa shape index (κ2) is 9.19. The van der Waals surface area contributed by atoms with Gasteiger partial charge in [-0.25, -0.2) is 0 Å². The van der Waals surface area contributed by atoms with Crippen molar-refractivity contribution >= 4 is 43.6 Å². The second-order valence-electron chi connectivity index (χ2n) is 11.0. The summed E-state index contributed by atoms with van der Waals surface area (Å²) in [7, 11) is 0. The molecule has 0 aliphatic carbocycles. The van der Waals surface area contributed by atoms with E-state index >= 15 is 0 Å². The lowest BCUT2D eigenvalue weighted by Crippen LogP contribution is -2.05. The predicted octanol–water partition coefficient (Wildman–Crippen LogP) is 9.43. The number of aromatic nitrogens is 3. The molecule has 4 heteroatoms. The molecule has 0 amide bonds. The van der Waals surface area contributed by atoms with Gasteiger partial charge in [0, 0.05) is 39.5 Å². The van der Waals surface area contributed by atoms with Crippen molar-refractivity contribution in [1.82, 2.24) is 14.1 Å². The maximum absolute atomic E-state index is 10.4. The Kier molecular flexibility index (Phi) is 5.29. The largest absolute Gasteiger partial charge is 0.308 e. The Hall–Kier alpha value is -5.66. The maximum atomic E-state index is 10.4. The summed E-state index contributed by atoms with van der Waals surface area (Å²) in [6.45, 7) is 4.26. The highest BCUT2D eigenvalue weighted by atomic mass is 15.0. The summed E-state index contributed by atoms with van der Waals surface area (Å²) in [5.41, 5.74) is 11.4. The lowest BCUT2D eigenvalue weighted by Gasteiger charge is -2.21. The molecule has 4 nitrogen and oxygen atoms in total. The molecule has 0 aliphatic heterocycles. The summed E-state index contributed by atoms with van der Waals surface area (Å²) in [6, 6.07) is 41.0. The van der Waals surface area contributed by atoms with Crippen molar-refractivity contribution in [2.75, 3.05) is 0 Å². The van der Waals surface area contributed by atoms with Crippen LogP contribution < -0.4 is 0 Å². The molecule has 0 saturated heterocycles. The van der Waals surface area contributed by atoms with Gasteiger partial charge in [0.1, 0.15) is 0 Å². The first-order chi connectivity index (χ1) is 20.6. The Morgan fingerprint density at radius 2 is 1.02 bits per heavy atom. The van der Waals surface area contributed by atoms with Gasteiger partial charge in [0.2, 0.25) is 0 Å². The first kappa shape index (κ1) is 24.2. The molecule has 0 atom stereocenters. The van der Waals surface area contributed by atoms with E-state index in [0.717, 1.165) is 44.6 Å². The number of hydrogen-bond donors (Lipinski definition) is 0. The number of para-hydroxylation sites is 2. The molecule has 0 saturated carbocycles. The quantitative estimate of drug-likeness (QED) is 0.225. The van der Waals surface area contributed by atoms with Crippen molar-refractivity contribution in [2.24, 2.45) is 0 Å². The third-order valence-corrected chi connectivity index (χ3v) is 8.34. The van der Waals surface area contributed by atoms with Crippen LogP contribution in [0.5, 0.6) is 0 Å². The highest BCUT2D eigenvalue weighted by Gasteiger charge is 2.23. The SMILES string of the molecule is Cc1ccc2c3ccccc3n(-c3cc(C#N)cc(-n4c5ccccc5c5ccc(C)cc54)c3-c3ccncc3)c2c1. The molecule has 5 aromatic carbocycles. The molecule has 3 aromatic heterocycles. The topological polar surface area (TPSA) is 46.5 Å². The minimum Gasteiger partial charge on any atom is -0.308 e. The van der Waals surface area contributed by atoms with Crippen LogP contribution >= 0.6 is 0 Å². The number of benzene rings is 5. The molecule has 8 rings (SSSR count). The molecule has 0 spiro atoms. The van der Waals surface area contributed by atoms with Crippen LogP contribution in [0.4, 0.5) is 0 Å². The van der Waals surface area contributed by atoms with Crippen molar-refractivity contribution in [2.45, 2.75) is 13.8 Å². The van der Waals surface area contributed by atoms with E-state index in [1.807, 2.05) is 24.5 Å². The Bertz CT molecular complexity index is 2240. The number of fused-ring (bicyclic) bond motifs is 6. The fourth-order valence-corrected chi connectivity index (χ4v) is 6.52. The molecule has 42 heavy (non-hydrogen) atoms.